The number of hydrogen-bond donors (Lipinski definition) is 1. The number of para-hydroxylation sites is 1. The molecule has 0 atom stereocenters. The summed E-state index contributed by atoms with van der Waals surface area (Å²) in [5.41, 5.74) is 1.17. The van der Waals surface area contributed by atoms with Gasteiger partial charge in [0.2, 0.25) is 0 Å². The molecule has 0 amide bonds. The number of benzene rings is 2. The summed E-state index contributed by atoms with van der Waals surface area (Å²) >= 11 is 0. The molecule has 0 bridgehead atoms. The largest absolute Gasteiger partial charge is 0.446 e. The van der Waals surface area contributed by atoms with E-state index in [1.165, 1.54) is 17.7 Å². The molecule has 0 radical (unpaired) electrons. The van der Waals surface area contributed by atoms with E-state index in [1.807, 2.05) is 36.4 Å². The minimum atomic E-state index is -4.38. The lowest BCUT2D eigenvalue weighted by Crippen LogP contribution is -2.06. The van der Waals surface area contributed by atoms with Crippen molar-refractivity contribution < 1.29 is 17.2 Å². The summed E-state index contributed by atoms with van der Waals surface area (Å²) in [4.78, 5) is 0. The zero-order chi connectivity index (χ0) is 14.1. The average Bonchev–Trinajstić information content (AvgIpc) is 2.40. The molecule has 5 heteroatoms. The van der Waals surface area contributed by atoms with E-state index < -0.39 is 10.4 Å². The monoisotopic (exact) mass is 278 g/mol. The molecule has 4 nitrogen and oxygen atoms in total. The van der Waals surface area contributed by atoms with Crippen molar-refractivity contribution in [2.75, 3.05) is 0 Å². The van der Waals surface area contributed by atoms with E-state index in [-0.39, 0.29) is 5.75 Å². The lowest BCUT2D eigenvalue weighted by molar-refractivity contribution is 0.387. The molecule has 0 aromatic heterocycles. The molecule has 0 saturated heterocycles. The van der Waals surface area contributed by atoms with Gasteiger partial charge in [0.1, 0.15) is 5.75 Å². The maximum atomic E-state index is 10.1. The zero-order valence-electron chi connectivity index (χ0n) is 10.1. The molecule has 100 valence electrons. The maximum absolute atomic E-state index is 10.1. The van der Waals surface area contributed by atoms with Gasteiger partial charge in [0.05, 0.1) is 0 Å². The van der Waals surface area contributed by atoms with E-state index in [4.69, 9.17) is 4.55 Å². The molecule has 0 spiro atoms. The Kier molecular flexibility index (Phi) is 5.78. The smallest absolute Gasteiger partial charge is 0.362 e. The van der Waals surface area contributed by atoms with E-state index in [0.717, 1.165) is 0 Å². The van der Waals surface area contributed by atoms with Crippen LogP contribution in [0.2, 0.25) is 0 Å². The lowest BCUT2D eigenvalue weighted by Gasteiger charge is -1.98. The quantitative estimate of drug-likeness (QED) is 0.876. The second-order valence-corrected chi connectivity index (χ2v) is 4.46. The van der Waals surface area contributed by atoms with Crippen molar-refractivity contribution in [3.05, 3.63) is 72.8 Å². The third kappa shape index (κ3) is 7.03. The van der Waals surface area contributed by atoms with Crippen LogP contribution in [0.4, 0.5) is 0 Å². The van der Waals surface area contributed by atoms with Gasteiger partial charge in [0.15, 0.2) is 0 Å². The number of rotatable bonds is 3. The van der Waals surface area contributed by atoms with Crippen LogP contribution in [0.1, 0.15) is 5.56 Å². The fourth-order valence-corrected chi connectivity index (χ4v) is 1.54. The van der Waals surface area contributed by atoms with Crippen LogP contribution in [0.5, 0.6) is 5.75 Å². The van der Waals surface area contributed by atoms with E-state index >= 15 is 0 Å². The summed E-state index contributed by atoms with van der Waals surface area (Å²) in [5.74, 6) is 0.0926. The van der Waals surface area contributed by atoms with Crippen LogP contribution in [0.15, 0.2) is 67.2 Å². The molecule has 2 rings (SSSR count). The second kappa shape index (κ2) is 7.35. The van der Waals surface area contributed by atoms with Gasteiger partial charge in [-0.25, -0.2) is 0 Å². The molecule has 2 aromatic carbocycles. The first-order chi connectivity index (χ1) is 9.01. The minimum absolute atomic E-state index is 0.0926. The van der Waals surface area contributed by atoms with Crippen LogP contribution in [0, 0.1) is 0 Å². The molecule has 0 aliphatic heterocycles. The molecule has 0 aliphatic carbocycles. The molecular formula is C14H14O4S. The Morgan fingerprint density at radius 2 is 1.42 bits per heavy atom. The standard InChI is InChI=1S/C8H8.C6H6O4S/c1-2-8-6-4-3-5-7-8;7-11(8,9)10-6-4-2-1-3-5-6/h2-7H,1H2;1-5H,(H,7,8,9). The predicted molar refractivity (Wildman–Crippen MR) is 75.2 cm³/mol. The Morgan fingerprint density at radius 1 is 0.947 bits per heavy atom. The zero-order valence-corrected chi connectivity index (χ0v) is 11.0. The summed E-state index contributed by atoms with van der Waals surface area (Å²) in [7, 11) is -4.38. The van der Waals surface area contributed by atoms with Gasteiger partial charge in [-0.2, -0.15) is 8.42 Å². The third-order valence-electron chi connectivity index (χ3n) is 1.98. The molecule has 2 aromatic rings. The van der Waals surface area contributed by atoms with Gasteiger partial charge in [0.25, 0.3) is 0 Å². The summed E-state index contributed by atoms with van der Waals surface area (Å²) in [6.45, 7) is 3.63. The van der Waals surface area contributed by atoms with Gasteiger partial charge < -0.3 is 4.18 Å². The van der Waals surface area contributed by atoms with Crippen molar-refractivity contribution in [1.82, 2.24) is 0 Å². The first kappa shape index (κ1) is 14.9. The molecule has 0 unspecified atom stereocenters. The lowest BCUT2D eigenvalue weighted by atomic mass is 10.2. The SMILES string of the molecule is C=Cc1ccccc1.O=S(=O)(O)Oc1ccccc1. The van der Waals surface area contributed by atoms with E-state index in [0.29, 0.717) is 0 Å². The van der Waals surface area contributed by atoms with Crippen LogP contribution in [0.25, 0.3) is 6.08 Å². The second-order valence-electron chi connectivity index (χ2n) is 3.44. The topological polar surface area (TPSA) is 63.6 Å². The van der Waals surface area contributed by atoms with Gasteiger partial charge in [-0.1, -0.05) is 61.2 Å². The summed E-state index contributed by atoms with van der Waals surface area (Å²) in [6, 6.07) is 17.8. The van der Waals surface area contributed by atoms with E-state index in [2.05, 4.69) is 10.8 Å². The van der Waals surface area contributed by atoms with Crippen molar-refractivity contribution in [3.63, 3.8) is 0 Å². The van der Waals surface area contributed by atoms with Gasteiger partial charge in [-0.15, -0.1) is 0 Å². The average molecular weight is 278 g/mol. The fraction of sp³-hybridized carbons (Fsp3) is 0. The Balaban J connectivity index is 0.000000200. The van der Waals surface area contributed by atoms with Crippen LogP contribution >= 0.6 is 0 Å². The van der Waals surface area contributed by atoms with Crippen molar-refractivity contribution in [2.45, 2.75) is 0 Å². The van der Waals surface area contributed by atoms with Gasteiger partial charge in [0, 0.05) is 0 Å². The van der Waals surface area contributed by atoms with E-state index in [9.17, 15) is 8.42 Å². The van der Waals surface area contributed by atoms with Crippen molar-refractivity contribution in [3.8, 4) is 5.75 Å². The van der Waals surface area contributed by atoms with Crippen LogP contribution in [-0.2, 0) is 10.4 Å². The van der Waals surface area contributed by atoms with E-state index in [1.54, 1.807) is 18.2 Å². The molecule has 0 saturated carbocycles. The highest BCUT2D eigenvalue weighted by atomic mass is 32.3. The summed E-state index contributed by atoms with van der Waals surface area (Å²) < 4.78 is 32.6. The highest BCUT2D eigenvalue weighted by molar-refractivity contribution is 7.81. The van der Waals surface area contributed by atoms with Crippen molar-refractivity contribution in [1.29, 1.82) is 0 Å². The molecule has 0 heterocycles. The maximum Gasteiger partial charge on any atom is 0.446 e. The molecular weight excluding hydrogens is 264 g/mol. The highest BCUT2D eigenvalue weighted by Gasteiger charge is 2.04. The fourth-order valence-electron chi connectivity index (χ4n) is 1.19. The number of hydrogen-bond acceptors (Lipinski definition) is 3. The molecule has 0 aliphatic rings. The van der Waals surface area contributed by atoms with Crippen LogP contribution in [0.3, 0.4) is 0 Å². The summed E-state index contributed by atoms with van der Waals surface area (Å²) in [6.07, 6.45) is 1.83. The van der Waals surface area contributed by atoms with Crippen molar-refractivity contribution >= 4 is 16.5 Å². The predicted octanol–water partition coefficient (Wildman–Crippen LogP) is 3.20. The Morgan fingerprint density at radius 3 is 1.79 bits per heavy atom. The van der Waals surface area contributed by atoms with Crippen LogP contribution < -0.4 is 4.18 Å². The molecule has 19 heavy (non-hydrogen) atoms. The Labute approximate surface area is 112 Å². The normalized spacial score (nSPS) is 9.95. The Bertz CT molecular complexity index is 592. The van der Waals surface area contributed by atoms with Gasteiger partial charge in [-0.3, -0.25) is 4.55 Å². The summed E-state index contributed by atoms with van der Waals surface area (Å²) in [5, 5.41) is 0. The molecule has 0 fully saturated rings. The van der Waals surface area contributed by atoms with Gasteiger partial charge in [-0.05, 0) is 17.7 Å². The van der Waals surface area contributed by atoms with Crippen molar-refractivity contribution in [2.24, 2.45) is 0 Å². The first-order valence-corrected chi connectivity index (χ1v) is 6.77. The molecule has 1 N–H and O–H groups in total. The minimum Gasteiger partial charge on any atom is -0.362 e. The Hall–Kier alpha value is -2.11. The van der Waals surface area contributed by atoms with Crippen LogP contribution in [-0.4, -0.2) is 13.0 Å². The first-order valence-electron chi connectivity index (χ1n) is 5.40. The van der Waals surface area contributed by atoms with Gasteiger partial charge >= 0.3 is 10.4 Å². The third-order valence-corrected chi connectivity index (χ3v) is 2.38. The highest BCUT2D eigenvalue weighted by Crippen LogP contribution is 2.09.